The number of nitrogens with zero attached hydrogens (tertiary/aromatic N) is 1. The zero-order valence-electron chi connectivity index (χ0n) is 17.9. The minimum absolute atomic E-state index is 0.133. The first-order chi connectivity index (χ1) is 15.2. The Morgan fingerprint density at radius 2 is 1.71 bits per heavy atom. The Hall–Kier alpha value is -3.11. The number of piperidine rings is 1. The zero-order chi connectivity index (χ0) is 21.6. The molecule has 0 aromatic heterocycles. The Labute approximate surface area is 184 Å². The predicted octanol–water partition coefficient (Wildman–Crippen LogP) is 5.78. The highest BCUT2D eigenvalue weighted by atomic mass is 16.5. The predicted molar refractivity (Wildman–Crippen MR) is 123 cm³/mol. The van der Waals surface area contributed by atoms with Crippen molar-refractivity contribution in [2.45, 2.75) is 38.3 Å². The van der Waals surface area contributed by atoms with E-state index in [4.69, 9.17) is 4.74 Å². The van der Waals surface area contributed by atoms with Gasteiger partial charge in [0.25, 0.3) is 0 Å². The van der Waals surface area contributed by atoms with Gasteiger partial charge in [0.15, 0.2) is 0 Å². The van der Waals surface area contributed by atoms with Gasteiger partial charge in [0.2, 0.25) is 0 Å². The molecule has 1 N–H and O–H groups in total. The van der Waals surface area contributed by atoms with Crippen LogP contribution in [0.15, 0.2) is 78.9 Å². The van der Waals surface area contributed by atoms with Gasteiger partial charge in [-0.2, -0.15) is 0 Å². The molecule has 4 rings (SSSR count). The summed E-state index contributed by atoms with van der Waals surface area (Å²) in [4.78, 5) is 14.2. The van der Waals surface area contributed by atoms with Crippen LogP contribution in [0.5, 0.6) is 5.75 Å². The van der Waals surface area contributed by atoms with Crippen LogP contribution < -0.4 is 4.74 Å². The van der Waals surface area contributed by atoms with Crippen LogP contribution in [0.2, 0.25) is 0 Å². The zero-order valence-corrected chi connectivity index (χ0v) is 17.9. The van der Waals surface area contributed by atoms with Crippen LogP contribution in [0.4, 0.5) is 0 Å². The highest BCUT2D eigenvalue weighted by Crippen LogP contribution is 2.36. The highest BCUT2D eigenvalue weighted by Gasteiger charge is 2.35. The van der Waals surface area contributed by atoms with E-state index in [-0.39, 0.29) is 6.04 Å². The van der Waals surface area contributed by atoms with E-state index in [0.29, 0.717) is 13.0 Å². The summed E-state index contributed by atoms with van der Waals surface area (Å²) in [6.07, 6.45) is 2.64. The van der Waals surface area contributed by atoms with Crippen LogP contribution in [-0.2, 0) is 4.79 Å². The van der Waals surface area contributed by atoms with Crippen molar-refractivity contribution in [1.82, 2.24) is 4.90 Å². The van der Waals surface area contributed by atoms with Crippen LogP contribution in [0.25, 0.3) is 11.1 Å². The summed E-state index contributed by atoms with van der Waals surface area (Å²) in [5.41, 5.74) is 4.48. The van der Waals surface area contributed by atoms with Crippen LogP contribution in [0, 0.1) is 0 Å². The number of hydrogen-bond donors (Lipinski definition) is 1. The first-order valence-corrected chi connectivity index (χ1v) is 11.0. The molecule has 3 aromatic carbocycles. The van der Waals surface area contributed by atoms with Crippen molar-refractivity contribution in [3.8, 4) is 16.9 Å². The maximum absolute atomic E-state index is 12.1. The number of aliphatic carboxylic acids is 1. The molecular weight excluding hydrogens is 386 g/mol. The van der Waals surface area contributed by atoms with E-state index >= 15 is 0 Å². The molecule has 4 heteroatoms. The molecule has 31 heavy (non-hydrogen) atoms. The minimum Gasteiger partial charge on any atom is -0.494 e. The summed E-state index contributed by atoms with van der Waals surface area (Å²) in [5, 5.41) is 9.92. The Morgan fingerprint density at radius 3 is 2.42 bits per heavy atom. The van der Waals surface area contributed by atoms with E-state index < -0.39 is 12.0 Å². The average Bonchev–Trinajstić information content (AvgIpc) is 2.81. The van der Waals surface area contributed by atoms with Crippen molar-refractivity contribution in [1.29, 1.82) is 0 Å². The fourth-order valence-electron chi connectivity index (χ4n) is 4.53. The number of benzene rings is 3. The third kappa shape index (κ3) is 4.80. The molecule has 0 aliphatic carbocycles. The standard InChI is InChI=1S/C27H29NO3/c1-2-31-24-12-8-11-23(19-24)26(28-18-7-6-13-25(28)27(29)30)22-16-14-21(15-17-22)20-9-4-3-5-10-20/h3-5,8-12,14-17,19,25-26H,2,6-7,13,18H2,1H3,(H,29,30). The average molecular weight is 416 g/mol. The molecule has 0 saturated carbocycles. The Morgan fingerprint density at radius 1 is 0.968 bits per heavy atom. The van der Waals surface area contributed by atoms with Gasteiger partial charge in [0.05, 0.1) is 12.6 Å². The van der Waals surface area contributed by atoms with Gasteiger partial charge in [-0.05, 0) is 60.7 Å². The second-order valence-corrected chi connectivity index (χ2v) is 7.98. The van der Waals surface area contributed by atoms with E-state index in [1.165, 1.54) is 5.56 Å². The smallest absolute Gasteiger partial charge is 0.320 e. The van der Waals surface area contributed by atoms with E-state index in [1.807, 2.05) is 43.3 Å². The second kappa shape index (κ2) is 9.80. The van der Waals surface area contributed by atoms with Gasteiger partial charge in [0.1, 0.15) is 11.8 Å². The number of ether oxygens (including phenoxy) is 1. The number of hydrogen-bond acceptors (Lipinski definition) is 3. The maximum Gasteiger partial charge on any atom is 0.320 e. The third-order valence-corrected chi connectivity index (χ3v) is 5.98. The Balaban J connectivity index is 1.75. The third-order valence-electron chi connectivity index (χ3n) is 5.98. The SMILES string of the molecule is CCOc1cccc(C(c2ccc(-c3ccccc3)cc2)N2CCCCC2C(=O)O)c1. The molecule has 0 bridgehead atoms. The molecular formula is C27H29NO3. The lowest BCUT2D eigenvalue weighted by atomic mass is 9.90. The van der Waals surface area contributed by atoms with Crippen LogP contribution in [0.3, 0.4) is 0 Å². The molecule has 2 unspecified atom stereocenters. The molecule has 160 valence electrons. The second-order valence-electron chi connectivity index (χ2n) is 7.98. The Kier molecular flexibility index (Phi) is 6.68. The summed E-state index contributed by atoms with van der Waals surface area (Å²) >= 11 is 0. The lowest BCUT2D eigenvalue weighted by Gasteiger charge is -2.39. The van der Waals surface area contributed by atoms with E-state index in [2.05, 4.69) is 47.4 Å². The summed E-state index contributed by atoms with van der Waals surface area (Å²) in [6, 6.07) is 26.3. The first kappa shape index (κ1) is 21.1. The topological polar surface area (TPSA) is 49.8 Å². The van der Waals surface area contributed by atoms with Crippen LogP contribution in [-0.4, -0.2) is 35.2 Å². The van der Waals surface area contributed by atoms with Crippen molar-refractivity contribution >= 4 is 5.97 Å². The van der Waals surface area contributed by atoms with Crippen molar-refractivity contribution in [2.24, 2.45) is 0 Å². The van der Waals surface area contributed by atoms with E-state index in [9.17, 15) is 9.90 Å². The molecule has 4 nitrogen and oxygen atoms in total. The fourth-order valence-corrected chi connectivity index (χ4v) is 4.53. The molecule has 1 aliphatic heterocycles. The summed E-state index contributed by atoms with van der Waals surface area (Å²) in [7, 11) is 0. The number of carboxylic acids is 1. The quantitative estimate of drug-likeness (QED) is 0.531. The molecule has 3 aromatic rings. The largest absolute Gasteiger partial charge is 0.494 e. The first-order valence-electron chi connectivity index (χ1n) is 11.0. The highest BCUT2D eigenvalue weighted by molar-refractivity contribution is 5.74. The summed E-state index contributed by atoms with van der Waals surface area (Å²) < 4.78 is 5.74. The van der Waals surface area contributed by atoms with Gasteiger partial charge in [0, 0.05) is 0 Å². The molecule has 0 spiro atoms. The number of likely N-dealkylation sites (tertiary alicyclic amines) is 1. The van der Waals surface area contributed by atoms with Gasteiger partial charge < -0.3 is 9.84 Å². The Bertz CT molecular complexity index is 1000. The van der Waals surface area contributed by atoms with Crippen molar-refractivity contribution in [2.75, 3.05) is 13.2 Å². The fraction of sp³-hybridized carbons (Fsp3) is 0.296. The van der Waals surface area contributed by atoms with E-state index in [1.54, 1.807) is 0 Å². The van der Waals surface area contributed by atoms with Crippen molar-refractivity contribution < 1.29 is 14.6 Å². The van der Waals surface area contributed by atoms with Crippen LogP contribution >= 0.6 is 0 Å². The van der Waals surface area contributed by atoms with Crippen LogP contribution in [0.1, 0.15) is 43.4 Å². The molecule has 1 fully saturated rings. The van der Waals surface area contributed by atoms with E-state index in [0.717, 1.165) is 41.8 Å². The van der Waals surface area contributed by atoms with Gasteiger partial charge >= 0.3 is 5.97 Å². The van der Waals surface area contributed by atoms with Gasteiger partial charge in [-0.3, -0.25) is 9.69 Å². The van der Waals surface area contributed by atoms with Gasteiger partial charge in [-0.15, -0.1) is 0 Å². The molecule has 2 atom stereocenters. The molecule has 1 heterocycles. The number of carbonyl (C=O) groups is 1. The van der Waals surface area contributed by atoms with Gasteiger partial charge in [-0.25, -0.2) is 0 Å². The van der Waals surface area contributed by atoms with Gasteiger partial charge in [-0.1, -0.05) is 73.2 Å². The number of carboxylic acid groups (broad SMARTS) is 1. The molecule has 0 radical (unpaired) electrons. The maximum atomic E-state index is 12.1. The lowest BCUT2D eigenvalue weighted by molar-refractivity contribution is -0.145. The van der Waals surface area contributed by atoms with Crippen molar-refractivity contribution in [3.63, 3.8) is 0 Å². The summed E-state index contributed by atoms with van der Waals surface area (Å²) in [6.45, 7) is 3.33. The molecule has 1 saturated heterocycles. The monoisotopic (exact) mass is 415 g/mol. The van der Waals surface area contributed by atoms with Crippen molar-refractivity contribution in [3.05, 3.63) is 90.0 Å². The minimum atomic E-state index is -0.744. The normalized spacial score (nSPS) is 17.8. The molecule has 0 amide bonds. The molecule has 1 aliphatic rings. The lowest BCUT2D eigenvalue weighted by Crippen LogP contribution is -2.46. The summed E-state index contributed by atoms with van der Waals surface area (Å²) in [5.74, 6) is 0.0707. The number of rotatable bonds is 7.